The molecule has 3 nitrogen and oxygen atoms in total. The second-order valence-electron chi connectivity index (χ2n) is 4.61. The summed E-state index contributed by atoms with van der Waals surface area (Å²) in [5.74, 6) is -1.22. The van der Waals surface area contributed by atoms with E-state index in [0.717, 1.165) is 11.3 Å². The van der Waals surface area contributed by atoms with Crippen molar-refractivity contribution in [2.75, 3.05) is 11.9 Å². The molecule has 104 valence electrons. The number of hydrogen-bond acceptors (Lipinski definition) is 2. The molecular weight excluding hydrogens is 257 g/mol. The fraction of sp³-hybridized carbons (Fsp3) is 0.188. The first-order valence-corrected chi connectivity index (χ1v) is 6.33. The van der Waals surface area contributed by atoms with E-state index >= 15 is 0 Å². The summed E-state index contributed by atoms with van der Waals surface area (Å²) in [6.45, 7) is 0. The summed E-state index contributed by atoms with van der Waals surface area (Å²) in [4.78, 5) is 13.0. The highest BCUT2D eigenvalue weighted by Gasteiger charge is 2.20. The zero-order chi connectivity index (χ0) is 14.5. The predicted molar refractivity (Wildman–Crippen MR) is 76.2 cm³/mol. The Bertz CT molecular complexity index is 569. The van der Waals surface area contributed by atoms with E-state index in [0.29, 0.717) is 0 Å². The molecule has 0 heterocycles. The lowest BCUT2D eigenvalue weighted by Gasteiger charge is -2.29. The first-order valence-electron chi connectivity index (χ1n) is 6.33. The van der Waals surface area contributed by atoms with Gasteiger partial charge in [-0.15, -0.1) is 0 Å². The molecule has 4 heteroatoms. The second-order valence-corrected chi connectivity index (χ2v) is 4.61. The minimum Gasteiger partial charge on any atom is -0.481 e. The summed E-state index contributed by atoms with van der Waals surface area (Å²) < 4.78 is 13.0. The molecule has 0 fully saturated rings. The molecule has 0 aliphatic heterocycles. The van der Waals surface area contributed by atoms with Crippen molar-refractivity contribution in [3.8, 4) is 0 Å². The quantitative estimate of drug-likeness (QED) is 0.906. The number of benzene rings is 2. The molecule has 1 unspecified atom stereocenters. The van der Waals surface area contributed by atoms with Crippen LogP contribution in [0.2, 0.25) is 0 Å². The molecule has 0 spiro atoms. The van der Waals surface area contributed by atoms with E-state index in [1.807, 2.05) is 42.3 Å². The van der Waals surface area contributed by atoms with Gasteiger partial charge in [0, 0.05) is 12.7 Å². The third-order valence-corrected chi connectivity index (χ3v) is 3.25. The van der Waals surface area contributed by atoms with Crippen molar-refractivity contribution in [1.82, 2.24) is 0 Å². The van der Waals surface area contributed by atoms with E-state index in [2.05, 4.69) is 0 Å². The van der Waals surface area contributed by atoms with Crippen molar-refractivity contribution in [2.45, 2.75) is 12.5 Å². The Kier molecular flexibility index (Phi) is 4.35. The summed E-state index contributed by atoms with van der Waals surface area (Å²) >= 11 is 0. The summed E-state index contributed by atoms with van der Waals surface area (Å²) in [5.41, 5.74) is 1.70. The zero-order valence-electron chi connectivity index (χ0n) is 11.2. The van der Waals surface area contributed by atoms with Crippen LogP contribution in [-0.4, -0.2) is 18.1 Å². The fourth-order valence-electron chi connectivity index (χ4n) is 2.17. The van der Waals surface area contributed by atoms with Crippen molar-refractivity contribution in [1.29, 1.82) is 0 Å². The van der Waals surface area contributed by atoms with E-state index in [-0.39, 0.29) is 18.3 Å². The fourth-order valence-corrected chi connectivity index (χ4v) is 2.17. The molecule has 0 amide bonds. The molecule has 2 aromatic carbocycles. The molecule has 1 N–H and O–H groups in total. The standard InChI is InChI=1S/C16H16FNO2/c1-18(14-5-3-2-4-6-14)15(11-16(19)20)12-7-9-13(17)10-8-12/h2-10,15H,11H2,1H3,(H,19,20). The molecule has 20 heavy (non-hydrogen) atoms. The minimum atomic E-state index is -0.887. The van der Waals surface area contributed by atoms with E-state index in [1.54, 1.807) is 12.1 Å². The lowest BCUT2D eigenvalue weighted by atomic mass is 10.0. The molecule has 0 aromatic heterocycles. The van der Waals surface area contributed by atoms with E-state index < -0.39 is 5.97 Å². The van der Waals surface area contributed by atoms with Crippen molar-refractivity contribution in [2.24, 2.45) is 0 Å². The number of anilines is 1. The van der Waals surface area contributed by atoms with Gasteiger partial charge in [-0.1, -0.05) is 30.3 Å². The summed E-state index contributed by atoms with van der Waals surface area (Å²) in [6.07, 6.45) is -0.0446. The van der Waals surface area contributed by atoms with Gasteiger partial charge in [-0.3, -0.25) is 4.79 Å². The number of carboxylic acid groups (broad SMARTS) is 1. The Hall–Kier alpha value is -2.36. The van der Waals surface area contributed by atoms with Crippen LogP contribution in [0.15, 0.2) is 54.6 Å². The highest BCUT2D eigenvalue weighted by atomic mass is 19.1. The predicted octanol–water partition coefficient (Wildman–Crippen LogP) is 3.48. The van der Waals surface area contributed by atoms with Crippen molar-refractivity contribution >= 4 is 11.7 Å². The molecule has 0 aliphatic carbocycles. The second kappa shape index (κ2) is 6.19. The van der Waals surface area contributed by atoms with E-state index in [1.165, 1.54) is 12.1 Å². The van der Waals surface area contributed by atoms with Crippen LogP contribution in [0, 0.1) is 5.82 Å². The number of halogens is 1. The van der Waals surface area contributed by atoms with Gasteiger partial charge in [-0.2, -0.15) is 0 Å². The lowest BCUT2D eigenvalue weighted by molar-refractivity contribution is -0.137. The Balaban J connectivity index is 2.32. The van der Waals surface area contributed by atoms with Crippen LogP contribution in [0.25, 0.3) is 0 Å². The topological polar surface area (TPSA) is 40.5 Å². The van der Waals surface area contributed by atoms with E-state index in [4.69, 9.17) is 5.11 Å². The Morgan fingerprint density at radius 3 is 2.30 bits per heavy atom. The number of aliphatic carboxylic acids is 1. The smallest absolute Gasteiger partial charge is 0.305 e. The van der Waals surface area contributed by atoms with Crippen LogP contribution in [0.1, 0.15) is 18.0 Å². The Morgan fingerprint density at radius 1 is 1.15 bits per heavy atom. The number of nitrogens with zero attached hydrogens (tertiary/aromatic N) is 1. The first-order chi connectivity index (χ1) is 9.58. The van der Waals surface area contributed by atoms with Gasteiger partial charge in [-0.05, 0) is 29.8 Å². The van der Waals surface area contributed by atoms with Crippen molar-refractivity contribution < 1.29 is 14.3 Å². The maximum atomic E-state index is 13.0. The number of para-hydroxylation sites is 1. The molecule has 0 saturated heterocycles. The molecule has 0 saturated carbocycles. The first kappa shape index (κ1) is 14.1. The molecular formula is C16H16FNO2. The average molecular weight is 273 g/mol. The molecule has 2 aromatic rings. The Labute approximate surface area is 117 Å². The van der Waals surface area contributed by atoms with Gasteiger partial charge in [0.1, 0.15) is 5.82 Å². The number of carbonyl (C=O) groups is 1. The summed E-state index contributed by atoms with van der Waals surface area (Å²) in [5, 5.41) is 9.09. The SMILES string of the molecule is CN(c1ccccc1)C(CC(=O)O)c1ccc(F)cc1. The van der Waals surface area contributed by atoms with Crippen LogP contribution in [0.5, 0.6) is 0 Å². The van der Waals surface area contributed by atoms with Gasteiger partial charge < -0.3 is 10.0 Å². The van der Waals surface area contributed by atoms with Crippen LogP contribution in [0.4, 0.5) is 10.1 Å². The van der Waals surface area contributed by atoms with Gasteiger partial charge in [-0.25, -0.2) is 4.39 Å². The van der Waals surface area contributed by atoms with Gasteiger partial charge in [0.05, 0.1) is 12.5 Å². The highest BCUT2D eigenvalue weighted by Crippen LogP contribution is 2.28. The highest BCUT2D eigenvalue weighted by molar-refractivity contribution is 5.69. The van der Waals surface area contributed by atoms with Crippen molar-refractivity contribution in [3.05, 3.63) is 66.0 Å². The van der Waals surface area contributed by atoms with Crippen LogP contribution < -0.4 is 4.90 Å². The zero-order valence-corrected chi connectivity index (χ0v) is 11.2. The van der Waals surface area contributed by atoms with Crippen molar-refractivity contribution in [3.63, 3.8) is 0 Å². The van der Waals surface area contributed by atoms with Crippen LogP contribution in [-0.2, 0) is 4.79 Å². The van der Waals surface area contributed by atoms with E-state index in [9.17, 15) is 9.18 Å². The Morgan fingerprint density at radius 2 is 1.75 bits per heavy atom. The number of carboxylic acids is 1. The van der Waals surface area contributed by atoms with Crippen LogP contribution in [0.3, 0.4) is 0 Å². The maximum absolute atomic E-state index is 13.0. The summed E-state index contributed by atoms with van der Waals surface area (Å²) in [7, 11) is 1.84. The minimum absolute atomic E-state index is 0.0446. The average Bonchev–Trinajstić information content (AvgIpc) is 2.46. The third kappa shape index (κ3) is 3.35. The van der Waals surface area contributed by atoms with Gasteiger partial charge in [0.15, 0.2) is 0 Å². The maximum Gasteiger partial charge on any atom is 0.305 e. The van der Waals surface area contributed by atoms with Crippen LogP contribution >= 0.6 is 0 Å². The monoisotopic (exact) mass is 273 g/mol. The lowest BCUT2D eigenvalue weighted by Crippen LogP contribution is -2.26. The van der Waals surface area contributed by atoms with Gasteiger partial charge in [0.25, 0.3) is 0 Å². The molecule has 0 bridgehead atoms. The molecule has 0 aliphatic rings. The third-order valence-electron chi connectivity index (χ3n) is 3.25. The van der Waals surface area contributed by atoms with Gasteiger partial charge >= 0.3 is 5.97 Å². The number of rotatable bonds is 5. The molecule has 1 atom stereocenters. The molecule has 2 rings (SSSR count). The largest absolute Gasteiger partial charge is 0.481 e. The summed E-state index contributed by atoms with van der Waals surface area (Å²) in [6, 6.07) is 15.1. The molecule has 0 radical (unpaired) electrons. The normalized spacial score (nSPS) is 11.9. The number of hydrogen-bond donors (Lipinski definition) is 1. The van der Waals surface area contributed by atoms with Gasteiger partial charge in [0.2, 0.25) is 0 Å².